The Balaban J connectivity index is 1.46. The Morgan fingerprint density at radius 2 is 2.03 bits per heavy atom. The van der Waals surface area contributed by atoms with Gasteiger partial charge in [0.1, 0.15) is 11.1 Å². The van der Waals surface area contributed by atoms with Crippen LogP contribution >= 0.6 is 0 Å². The highest BCUT2D eigenvalue weighted by atomic mass is 16.6. The van der Waals surface area contributed by atoms with Crippen LogP contribution in [0.5, 0.6) is 0 Å². The molecule has 1 fully saturated rings. The fourth-order valence-corrected chi connectivity index (χ4v) is 4.24. The first-order valence-electron chi connectivity index (χ1n) is 11.1. The number of H-pyrrole nitrogens is 1. The third-order valence-electron chi connectivity index (χ3n) is 5.83. The molecule has 1 aliphatic rings. The number of nitriles is 1. The van der Waals surface area contributed by atoms with Gasteiger partial charge in [0.15, 0.2) is 11.5 Å². The number of piperidine rings is 1. The zero-order chi connectivity index (χ0) is 24.0. The SMILES string of the molecule is CC(C)(C)OC(=O)N1CCC(n2c(=O)[nH]c3cnc(-c4cnn5ccc(C#N)cc45)nc32)CC1. The van der Waals surface area contributed by atoms with Crippen molar-refractivity contribution in [3.63, 3.8) is 0 Å². The minimum Gasteiger partial charge on any atom is -0.444 e. The van der Waals surface area contributed by atoms with E-state index in [9.17, 15) is 14.9 Å². The molecular weight excluding hydrogens is 436 g/mol. The molecule has 34 heavy (non-hydrogen) atoms. The normalized spacial score (nSPS) is 15.1. The van der Waals surface area contributed by atoms with E-state index in [0.29, 0.717) is 59.6 Å². The van der Waals surface area contributed by atoms with E-state index in [0.717, 1.165) is 0 Å². The second kappa shape index (κ2) is 7.98. The Bertz CT molecular complexity index is 1490. The molecule has 4 aromatic rings. The van der Waals surface area contributed by atoms with Crippen LogP contribution in [0.2, 0.25) is 0 Å². The first kappa shape index (κ1) is 21.6. The molecule has 0 radical (unpaired) electrons. The predicted octanol–water partition coefficient (Wildman–Crippen LogP) is 2.88. The monoisotopic (exact) mass is 460 g/mol. The van der Waals surface area contributed by atoms with Crippen LogP contribution in [0.4, 0.5) is 4.79 Å². The van der Waals surface area contributed by atoms with Crippen LogP contribution in [-0.4, -0.2) is 58.8 Å². The van der Waals surface area contributed by atoms with Gasteiger partial charge in [-0.05, 0) is 45.7 Å². The van der Waals surface area contributed by atoms with E-state index in [-0.39, 0.29) is 17.8 Å². The second-order valence-electron chi connectivity index (χ2n) is 9.34. The van der Waals surface area contributed by atoms with Gasteiger partial charge in [0.05, 0.1) is 35.1 Å². The second-order valence-corrected chi connectivity index (χ2v) is 9.34. The van der Waals surface area contributed by atoms with Gasteiger partial charge in [-0.1, -0.05) is 0 Å². The summed E-state index contributed by atoms with van der Waals surface area (Å²) in [6.07, 6.45) is 5.81. The number of fused-ring (bicyclic) bond motifs is 2. The average molecular weight is 460 g/mol. The van der Waals surface area contributed by atoms with E-state index < -0.39 is 5.60 Å². The standard InChI is InChI=1S/C23H24N8O3/c1-23(2,3)34-22(33)29-7-5-15(6-8-29)31-20-17(27-21(31)32)13-25-19(28-20)16-12-26-30-9-4-14(11-24)10-18(16)30/h4,9-10,12-13,15H,5-8H2,1-3H3,(H,27,32). The van der Waals surface area contributed by atoms with Crippen molar-refractivity contribution in [1.82, 2.24) is 34.0 Å². The summed E-state index contributed by atoms with van der Waals surface area (Å²) >= 11 is 0. The lowest BCUT2D eigenvalue weighted by Crippen LogP contribution is -2.43. The lowest BCUT2D eigenvalue weighted by atomic mass is 10.1. The number of hydrogen-bond donors (Lipinski definition) is 1. The number of imidazole rings is 1. The smallest absolute Gasteiger partial charge is 0.410 e. The van der Waals surface area contributed by atoms with E-state index in [1.165, 1.54) is 0 Å². The lowest BCUT2D eigenvalue weighted by Gasteiger charge is -2.33. The number of pyridine rings is 1. The van der Waals surface area contributed by atoms with Gasteiger partial charge in [0.25, 0.3) is 0 Å². The number of carbonyl (C=O) groups excluding carboxylic acids is 1. The molecule has 11 nitrogen and oxygen atoms in total. The minimum atomic E-state index is -0.554. The highest BCUT2D eigenvalue weighted by Gasteiger charge is 2.29. The number of rotatable bonds is 2. The first-order valence-corrected chi connectivity index (χ1v) is 11.1. The van der Waals surface area contributed by atoms with E-state index in [1.807, 2.05) is 20.8 Å². The molecule has 0 spiro atoms. The number of likely N-dealkylation sites (tertiary alicyclic amines) is 1. The maximum atomic E-state index is 12.8. The van der Waals surface area contributed by atoms with Gasteiger partial charge in [-0.2, -0.15) is 10.4 Å². The molecule has 1 N–H and O–H groups in total. The van der Waals surface area contributed by atoms with Gasteiger partial charge >= 0.3 is 11.8 Å². The van der Waals surface area contributed by atoms with Crippen molar-refractivity contribution in [2.45, 2.75) is 45.3 Å². The van der Waals surface area contributed by atoms with Crippen molar-refractivity contribution >= 4 is 22.8 Å². The van der Waals surface area contributed by atoms with Crippen LogP contribution in [0.25, 0.3) is 28.1 Å². The molecule has 0 unspecified atom stereocenters. The average Bonchev–Trinajstić information content (AvgIpc) is 3.37. The lowest BCUT2D eigenvalue weighted by molar-refractivity contribution is 0.0189. The van der Waals surface area contributed by atoms with E-state index >= 15 is 0 Å². The number of nitrogens with one attached hydrogen (secondary N) is 1. The molecule has 5 rings (SSSR count). The molecule has 1 aliphatic heterocycles. The number of amides is 1. The summed E-state index contributed by atoms with van der Waals surface area (Å²) in [4.78, 5) is 38.8. The molecule has 11 heteroatoms. The van der Waals surface area contributed by atoms with Gasteiger partial charge in [0, 0.05) is 25.3 Å². The van der Waals surface area contributed by atoms with Gasteiger partial charge < -0.3 is 14.6 Å². The Labute approximate surface area is 194 Å². The van der Waals surface area contributed by atoms with Crippen molar-refractivity contribution < 1.29 is 9.53 Å². The first-order chi connectivity index (χ1) is 16.2. The zero-order valence-electron chi connectivity index (χ0n) is 19.1. The molecule has 0 saturated carbocycles. The number of aromatic amines is 1. The summed E-state index contributed by atoms with van der Waals surface area (Å²) in [5.41, 5.74) is 2.10. The van der Waals surface area contributed by atoms with Gasteiger partial charge in [0.2, 0.25) is 0 Å². The highest BCUT2D eigenvalue weighted by molar-refractivity contribution is 5.80. The summed E-state index contributed by atoms with van der Waals surface area (Å²) in [5, 5.41) is 13.6. The molecule has 0 aromatic carbocycles. The topological polar surface area (TPSA) is 134 Å². The molecule has 0 aliphatic carbocycles. The quantitative estimate of drug-likeness (QED) is 0.486. The predicted molar refractivity (Wildman–Crippen MR) is 123 cm³/mol. The molecule has 0 bridgehead atoms. The van der Waals surface area contributed by atoms with Crippen LogP contribution < -0.4 is 5.69 Å². The molecule has 174 valence electrons. The summed E-state index contributed by atoms with van der Waals surface area (Å²) in [6.45, 7) is 6.49. The van der Waals surface area contributed by atoms with Gasteiger partial charge in [-0.3, -0.25) is 4.57 Å². The number of carbonyl (C=O) groups is 1. The highest BCUT2D eigenvalue weighted by Crippen LogP contribution is 2.27. The van der Waals surface area contributed by atoms with Crippen LogP contribution in [-0.2, 0) is 4.74 Å². The van der Waals surface area contributed by atoms with Gasteiger partial charge in [-0.15, -0.1) is 0 Å². The van der Waals surface area contributed by atoms with Crippen molar-refractivity contribution in [1.29, 1.82) is 5.26 Å². The van der Waals surface area contributed by atoms with Crippen LogP contribution in [0.3, 0.4) is 0 Å². The Hall–Kier alpha value is -4.20. The number of hydrogen-bond acceptors (Lipinski definition) is 7. The number of nitrogens with zero attached hydrogens (tertiary/aromatic N) is 7. The summed E-state index contributed by atoms with van der Waals surface area (Å²) in [5.74, 6) is 0.413. The molecular formula is C23H24N8O3. The third-order valence-corrected chi connectivity index (χ3v) is 5.83. The van der Waals surface area contributed by atoms with E-state index in [4.69, 9.17) is 9.72 Å². The summed E-state index contributed by atoms with van der Waals surface area (Å²) in [6, 6.07) is 5.42. The maximum Gasteiger partial charge on any atom is 0.410 e. The Morgan fingerprint density at radius 3 is 2.74 bits per heavy atom. The summed E-state index contributed by atoms with van der Waals surface area (Å²) < 4.78 is 8.77. The van der Waals surface area contributed by atoms with E-state index in [1.54, 1.807) is 44.7 Å². The largest absolute Gasteiger partial charge is 0.444 e. The Morgan fingerprint density at radius 1 is 1.26 bits per heavy atom. The van der Waals surface area contributed by atoms with Crippen LogP contribution in [0.1, 0.15) is 45.2 Å². The molecule has 4 aromatic heterocycles. The van der Waals surface area contributed by atoms with Crippen molar-refractivity contribution in [3.05, 3.63) is 46.8 Å². The van der Waals surface area contributed by atoms with Crippen molar-refractivity contribution in [2.24, 2.45) is 0 Å². The zero-order valence-corrected chi connectivity index (χ0v) is 19.1. The number of ether oxygens (including phenoxy) is 1. The van der Waals surface area contributed by atoms with Crippen molar-refractivity contribution in [3.8, 4) is 17.5 Å². The maximum absolute atomic E-state index is 12.8. The summed E-state index contributed by atoms with van der Waals surface area (Å²) in [7, 11) is 0. The van der Waals surface area contributed by atoms with E-state index in [2.05, 4.69) is 21.1 Å². The van der Waals surface area contributed by atoms with Crippen molar-refractivity contribution in [2.75, 3.05) is 13.1 Å². The molecule has 0 atom stereocenters. The van der Waals surface area contributed by atoms with Gasteiger partial charge in [-0.25, -0.2) is 24.1 Å². The van der Waals surface area contributed by atoms with Crippen LogP contribution in [0.15, 0.2) is 35.5 Å². The molecule has 5 heterocycles. The van der Waals surface area contributed by atoms with Crippen LogP contribution in [0, 0.1) is 11.3 Å². The number of aromatic nitrogens is 6. The fourth-order valence-electron chi connectivity index (χ4n) is 4.24. The molecule has 1 saturated heterocycles. The minimum absolute atomic E-state index is 0.114. The molecule has 1 amide bonds. The third kappa shape index (κ3) is 3.87. The Kier molecular flexibility index (Phi) is 5.08. The fraction of sp³-hybridized carbons (Fsp3) is 0.391.